The zero-order valence-corrected chi connectivity index (χ0v) is 11.3. The van der Waals surface area contributed by atoms with Gasteiger partial charge in [-0.2, -0.15) is 0 Å². The van der Waals surface area contributed by atoms with E-state index in [0.717, 1.165) is 11.1 Å². The van der Waals surface area contributed by atoms with Gasteiger partial charge in [0.1, 0.15) is 5.82 Å². The number of hydrogen-bond acceptors (Lipinski definition) is 1. The van der Waals surface area contributed by atoms with Crippen LogP contribution in [0.5, 0.6) is 0 Å². The minimum absolute atomic E-state index is 0.172. The van der Waals surface area contributed by atoms with E-state index in [1.165, 1.54) is 12.1 Å². The summed E-state index contributed by atoms with van der Waals surface area (Å²) in [7, 11) is 0. The Morgan fingerprint density at radius 2 is 1.33 bits per heavy atom. The molecule has 0 atom stereocenters. The van der Waals surface area contributed by atoms with Gasteiger partial charge in [-0.15, -0.1) is 0 Å². The second kappa shape index (κ2) is 5.71. The van der Waals surface area contributed by atoms with Crippen molar-refractivity contribution in [2.24, 2.45) is 0 Å². The SMILES string of the molecule is O=C(c1ccc(-c2ccccc2)cc1)c1cccc(F)c1. The summed E-state index contributed by atoms with van der Waals surface area (Å²) in [4.78, 5) is 12.3. The Morgan fingerprint density at radius 1 is 0.667 bits per heavy atom. The molecule has 0 aromatic heterocycles. The molecule has 3 aromatic carbocycles. The molecule has 0 fully saturated rings. The minimum atomic E-state index is -0.401. The Kier molecular flexibility index (Phi) is 3.61. The molecule has 0 N–H and O–H groups in total. The average Bonchev–Trinajstić information content (AvgIpc) is 2.55. The van der Waals surface area contributed by atoms with Gasteiger partial charge in [0.2, 0.25) is 0 Å². The maximum Gasteiger partial charge on any atom is 0.193 e. The summed E-state index contributed by atoms with van der Waals surface area (Å²) in [5.74, 6) is -0.573. The molecular formula is C19H13FO. The topological polar surface area (TPSA) is 17.1 Å². The normalized spacial score (nSPS) is 10.3. The van der Waals surface area contributed by atoms with Crippen molar-refractivity contribution in [2.75, 3.05) is 0 Å². The lowest BCUT2D eigenvalue weighted by molar-refractivity contribution is 0.103. The van der Waals surface area contributed by atoms with Crippen LogP contribution in [0.15, 0.2) is 78.9 Å². The van der Waals surface area contributed by atoms with E-state index in [4.69, 9.17) is 0 Å². The van der Waals surface area contributed by atoms with E-state index < -0.39 is 5.82 Å². The molecule has 0 aliphatic heterocycles. The van der Waals surface area contributed by atoms with Crippen molar-refractivity contribution < 1.29 is 9.18 Å². The quantitative estimate of drug-likeness (QED) is 0.632. The summed E-state index contributed by atoms with van der Waals surface area (Å²) in [6, 6.07) is 23.1. The van der Waals surface area contributed by atoms with Crippen LogP contribution in [0, 0.1) is 5.82 Å². The van der Waals surface area contributed by atoms with Crippen LogP contribution in [0.4, 0.5) is 4.39 Å². The summed E-state index contributed by atoms with van der Waals surface area (Å²) in [6.07, 6.45) is 0. The van der Waals surface area contributed by atoms with E-state index in [2.05, 4.69) is 0 Å². The monoisotopic (exact) mass is 276 g/mol. The molecule has 2 heteroatoms. The van der Waals surface area contributed by atoms with Crippen LogP contribution in [0.3, 0.4) is 0 Å². The Hall–Kier alpha value is -2.74. The Morgan fingerprint density at radius 3 is 2.00 bits per heavy atom. The lowest BCUT2D eigenvalue weighted by Crippen LogP contribution is -2.01. The predicted molar refractivity (Wildman–Crippen MR) is 81.7 cm³/mol. The van der Waals surface area contributed by atoms with Crippen LogP contribution in [-0.4, -0.2) is 5.78 Å². The molecule has 1 nitrogen and oxygen atoms in total. The van der Waals surface area contributed by atoms with Gasteiger partial charge in [0, 0.05) is 11.1 Å². The molecule has 0 radical (unpaired) electrons. The highest BCUT2D eigenvalue weighted by molar-refractivity contribution is 6.09. The smallest absolute Gasteiger partial charge is 0.193 e. The van der Waals surface area contributed by atoms with Crippen molar-refractivity contribution in [1.82, 2.24) is 0 Å². The fourth-order valence-corrected chi connectivity index (χ4v) is 2.24. The molecular weight excluding hydrogens is 263 g/mol. The molecule has 0 saturated carbocycles. The summed E-state index contributed by atoms with van der Waals surface area (Å²) in [5.41, 5.74) is 3.07. The number of ketones is 1. The van der Waals surface area contributed by atoms with Gasteiger partial charge < -0.3 is 0 Å². The highest BCUT2D eigenvalue weighted by atomic mass is 19.1. The molecule has 0 amide bonds. The van der Waals surface area contributed by atoms with Gasteiger partial charge in [0.15, 0.2) is 5.78 Å². The maximum atomic E-state index is 13.2. The van der Waals surface area contributed by atoms with Crippen LogP contribution in [0.1, 0.15) is 15.9 Å². The first kappa shape index (κ1) is 13.3. The Bertz CT molecular complexity index is 761. The lowest BCUT2D eigenvalue weighted by Gasteiger charge is -2.04. The van der Waals surface area contributed by atoms with E-state index in [0.29, 0.717) is 11.1 Å². The van der Waals surface area contributed by atoms with Crippen molar-refractivity contribution >= 4 is 5.78 Å². The highest BCUT2D eigenvalue weighted by Gasteiger charge is 2.09. The number of benzene rings is 3. The van der Waals surface area contributed by atoms with Crippen LogP contribution in [-0.2, 0) is 0 Å². The van der Waals surface area contributed by atoms with Crippen LogP contribution in [0.2, 0.25) is 0 Å². The van der Waals surface area contributed by atoms with E-state index >= 15 is 0 Å². The molecule has 0 heterocycles. The van der Waals surface area contributed by atoms with Gasteiger partial charge in [0.05, 0.1) is 0 Å². The number of halogens is 1. The average molecular weight is 276 g/mol. The van der Waals surface area contributed by atoms with Crippen LogP contribution in [0.25, 0.3) is 11.1 Å². The first-order valence-corrected chi connectivity index (χ1v) is 6.70. The molecule has 0 saturated heterocycles. The van der Waals surface area contributed by atoms with Crippen molar-refractivity contribution in [1.29, 1.82) is 0 Å². The second-order valence-electron chi connectivity index (χ2n) is 4.78. The Balaban J connectivity index is 1.89. The predicted octanol–water partition coefficient (Wildman–Crippen LogP) is 4.72. The molecule has 0 aliphatic carbocycles. The molecule has 102 valence electrons. The maximum absolute atomic E-state index is 13.2. The van der Waals surface area contributed by atoms with E-state index in [1.807, 2.05) is 42.5 Å². The summed E-state index contributed by atoms with van der Waals surface area (Å²) >= 11 is 0. The molecule has 3 rings (SSSR count). The van der Waals surface area contributed by atoms with E-state index in [9.17, 15) is 9.18 Å². The van der Waals surface area contributed by atoms with E-state index in [1.54, 1.807) is 24.3 Å². The fraction of sp³-hybridized carbons (Fsp3) is 0. The number of carbonyl (C=O) groups is 1. The summed E-state index contributed by atoms with van der Waals surface area (Å²) in [5, 5.41) is 0. The number of hydrogen-bond donors (Lipinski definition) is 0. The lowest BCUT2D eigenvalue weighted by atomic mass is 9.99. The third-order valence-electron chi connectivity index (χ3n) is 3.34. The van der Waals surface area contributed by atoms with Crippen molar-refractivity contribution in [3.05, 3.63) is 95.8 Å². The zero-order chi connectivity index (χ0) is 14.7. The fourth-order valence-electron chi connectivity index (χ4n) is 2.24. The van der Waals surface area contributed by atoms with Gasteiger partial charge in [-0.1, -0.05) is 66.7 Å². The molecule has 0 bridgehead atoms. The second-order valence-corrected chi connectivity index (χ2v) is 4.78. The first-order valence-electron chi connectivity index (χ1n) is 6.70. The van der Waals surface area contributed by atoms with Crippen molar-refractivity contribution in [2.45, 2.75) is 0 Å². The van der Waals surface area contributed by atoms with Gasteiger partial charge in [-0.3, -0.25) is 4.79 Å². The number of rotatable bonds is 3. The largest absolute Gasteiger partial charge is 0.289 e. The molecule has 0 aliphatic rings. The molecule has 0 unspecified atom stereocenters. The third-order valence-corrected chi connectivity index (χ3v) is 3.34. The van der Waals surface area contributed by atoms with E-state index in [-0.39, 0.29) is 5.78 Å². The minimum Gasteiger partial charge on any atom is -0.289 e. The van der Waals surface area contributed by atoms with Gasteiger partial charge in [-0.05, 0) is 23.3 Å². The zero-order valence-electron chi connectivity index (χ0n) is 11.3. The molecule has 3 aromatic rings. The van der Waals surface area contributed by atoms with Gasteiger partial charge in [-0.25, -0.2) is 4.39 Å². The first-order chi connectivity index (χ1) is 10.2. The summed E-state index contributed by atoms with van der Waals surface area (Å²) < 4.78 is 13.2. The van der Waals surface area contributed by atoms with Gasteiger partial charge >= 0.3 is 0 Å². The highest BCUT2D eigenvalue weighted by Crippen LogP contribution is 2.20. The van der Waals surface area contributed by atoms with Crippen molar-refractivity contribution in [3.8, 4) is 11.1 Å². The molecule has 0 spiro atoms. The number of carbonyl (C=O) groups excluding carboxylic acids is 1. The van der Waals surface area contributed by atoms with Gasteiger partial charge in [0.25, 0.3) is 0 Å². The third kappa shape index (κ3) is 2.90. The standard InChI is InChI=1S/C19H13FO/c20-18-8-4-7-17(13-18)19(21)16-11-9-15(10-12-16)14-5-2-1-3-6-14/h1-13H. The van der Waals surface area contributed by atoms with Crippen molar-refractivity contribution in [3.63, 3.8) is 0 Å². The summed E-state index contributed by atoms with van der Waals surface area (Å²) in [6.45, 7) is 0. The van der Waals surface area contributed by atoms with Crippen LogP contribution < -0.4 is 0 Å². The molecule has 21 heavy (non-hydrogen) atoms. The van der Waals surface area contributed by atoms with Crippen LogP contribution >= 0.6 is 0 Å². The Labute approximate surface area is 122 Å².